The molecule has 0 bridgehead atoms. The van der Waals surface area contributed by atoms with E-state index in [1.807, 2.05) is 21.7 Å². The summed E-state index contributed by atoms with van der Waals surface area (Å²) in [7, 11) is 0. The fourth-order valence-corrected chi connectivity index (χ4v) is 6.40. The summed E-state index contributed by atoms with van der Waals surface area (Å²) in [6, 6.07) is 12.4. The van der Waals surface area contributed by atoms with Crippen molar-refractivity contribution >= 4 is 40.3 Å². The van der Waals surface area contributed by atoms with Crippen LogP contribution in [-0.2, 0) is 5.75 Å². The van der Waals surface area contributed by atoms with Crippen LogP contribution in [0.25, 0.3) is 16.4 Å². The highest BCUT2D eigenvalue weighted by molar-refractivity contribution is 7.98. The van der Waals surface area contributed by atoms with Crippen molar-refractivity contribution in [2.45, 2.75) is 24.8 Å². The molecule has 3 aromatic heterocycles. The number of aryl methyl sites for hydroxylation is 1. The molecule has 1 saturated heterocycles. The Morgan fingerprint density at radius 1 is 1.09 bits per heavy atom. The Labute approximate surface area is 211 Å². The highest BCUT2D eigenvalue weighted by atomic mass is 32.2. The lowest BCUT2D eigenvalue weighted by atomic mass is 10.2. The number of hydrogen-bond donors (Lipinski definition) is 0. The first-order chi connectivity index (χ1) is 16.6. The van der Waals surface area contributed by atoms with E-state index < -0.39 is 0 Å². The Bertz CT molecular complexity index is 1260. The molecule has 4 aromatic rings. The van der Waals surface area contributed by atoms with Gasteiger partial charge in [-0.25, -0.2) is 4.98 Å². The number of benzene rings is 1. The summed E-state index contributed by atoms with van der Waals surface area (Å²) in [5.41, 5.74) is 2.77. The fourth-order valence-electron chi connectivity index (χ4n) is 3.96. The van der Waals surface area contributed by atoms with Gasteiger partial charge < -0.3 is 9.80 Å². The van der Waals surface area contributed by atoms with Gasteiger partial charge in [0.05, 0.1) is 16.3 Å². The lowest BCUT2D eigenvalue weighted by Crippen LogP contribution is -2.48. The average molecular weight is 511 g/mol. The van der Waals surface area contributed by atoms with Crippen LogP contribution in [-0.4, -0.2) is 68.2 Å². The second-order valence-electron chi connectivity index (χ2n) is 8.10. The SMILES string of the molecule is CCN1CCN(C(=O)c2csc(CSc3nnc(-c4cccs4)n3-c3cccc(C)c3)n2)CC1. The molecule has 0 unspecified atom stereocenters. The van der Waals surface area contributed by atoms with E-state index in [1.54, 1.807) is 23.1 Å². The molecule has 4 heterocycles. The van der Waals surface area contributed by atoms with Crippen molar-refractivity contribution in [1.29, 1.82) is 0 Å². The van der Waals surface area contributed by atoms with Crippen molar-refractivity contribution in [1.82, 2.24) is 29.5 Å². The maximum Gasteiger partial charge on any atom is 0.273 e. The maximum atomic E-state index is 12.9. The minimum Gasteiger partial charge on any atom is -0.335 e. The van der Waals surface area contributed by atoms with Gasteiger partial charge in [0.15, 0.2) is 11.0 Å². The van der Waals surface area contributed by atoms with Gasteiger partial charge in [-0.15, -0.1) is 32.9 Å². The number of thiazole rings is 1. The summed E-state index contributed by atoms with van der Waals surface area (Å²) >= 11 is 4.77. The average Bonchev–Trinajstić information content (AvgIpc) is 3.63. The molecule has 7 nitrogen and oxygen atoms in total. The first kappa shape index (κ1) is 23.2. The van der Waals surface area contributed by atoms with Crippen molar-refractivity contribution in [3.63, 3.8) is 0 Å². The number of rotatable bonds is 7. The van der Waals surface area contributed by atoms with E-state index in [2.05, 4.69) is 68.8 Å². The monoisotopic (exact) mass is 510 g/mol. The number of piperazine rings is 1. The predicted molar refractivity (Wildman–Crippen MR) is 139 cm³/mol. The zero-order chi connectivity index (χ0) is 23.5. The number of carbonyl (C=O) groups excluding carboxylic acids is 1. The number of hydrogen-bond acceptors (Lipinski definition) is 8. The first-order valence-corrected chi connectivity index (χ1v) is 14.0. The zero-order valence-electron chi connectivity index (χ0n) is 19.2. The molecule has 1 aliphatic rings. The molecule has 34 heavy (non-hydrogen) atoms. The van der Waals surface area contributed by atoms with E-state index in [-0.39, 0.29) is 5.91 Å². The van der Waals surface area contributed by atoms with Crippen LogP contribution in [0.2, 0.25) is 0 Å². The summed E-state index contributed by atoms with van der Waals surface area (Å²) in [6.07, 6.45) is 0. The van der Waals surface area contributed by atoms with Crippen LogP contribution < -0.4 is 0 Å². The third-order valence-corrected chi connectivity index (χ3v) is 8.67. The molecule has 0 N–H and O–H groups in total. The molecule has 0 atom stereocenters. The van der Waals surface area contributed by atoms with Gasteiger partial charge in [0.25, 0.3) is 5.91 Å². The summed E-state index contributed by atoms with van der Waals surface area (Å²) in [4.78, 5) is 22.9. The van der Waals surface area contributed by atoms with Crippen molar-refractivity contribution in [3.8, 4) is 16.4 Å². The Balaban J connectivity index is 1.32. The van der Waals surface area contributed by atoms with E-state index in [1.165, 1.54) is 16.9 Å². The Kier molecular flexibility index (Phi) is 7.10. The summed E-state index contributed by atoms with van der Waals surface area (Å²) in [5.74, 6) is 1.51. The molecule has 0 aliphatic carbocycles. The van der Waals surface area contributed by atoms with Gasteiger partial charge in [-0.1, -0.05) is 36.9 Å². The highest BCUT2D eigenvalue weighted by Crippen LogP contribution is 2.32. The van der Waals surface area contributed by atoms with Crippen LogP contribution in [0, 0.1) is 6.92 Å². The Morgan fingerprint density at radius 3 is 2.68 bits per heavy atom. The number of likely N-dealkylation sites (N-methyl/N-ethyl adjacent to an activating group) is 1. The third kappa shape index (κ3) is 4.95. The molecule has 0 radical (unpaired) electrons. The zero-order valence-corrected chi connectivity index (χ0v) is 21.6. The van der Waals surface area contributed by atoms with Gasteiger partial charge in [-0.2, -0.15) is 0 Å². The number of thiophene rings is 1. The lowest BCUT2D eigenvalue weighted by Gasteiger charge is -2.33. The number of nitrogens with zero attached hydrogens (tertiary/aromatic N) is 6. The van der Waals surface area contributed by atoms with Gasteiger partial charge in [0.1, 0.15) is 10.7 Å². The summed E-state index contributed by atoms with van der Waals surface area (Å²) in [6.45, 7) is 8.65. The first-order valence-electron chi connectivity index (χ1n) is 11.3. The number of carbonyl (C=O) groups is 1. The van der Waals surface area contributed by atoms with E-state index >= 15 is 0 Å². The highest BCUT2D eigenvalue weighted by Gasteiger charge is 2.23. The quantitative estimate of drug-likeness (QED) is 0.332. The molecule has 0 spiro atoms. The summed E-state index contributed by atoms with van der Waals surface area (Å²) < 4.78 is 2.11. The van der Waals surface area contributed by atoms with Gasteiger partial charge in [0, 0.05) is 31.6 Å². The van der Waals surface area contributed by atoms with E-state index in [4.69, 9.17) is 0 Å². The number of thioether (sulfide) groups is 1. The number of aromatic nitrogens is 4. The molecule has 5 rings (SSSR count). The van der Waals surface area contributed by atoms with Crippen molar-refractivity contribution in [2.24, 2.45) is 0 Å². The van der Waals surface area contributed by atoms with Crippen molar-refractivity contribution in [2.75, 3.05) is 32.7 Å². The van der Waals surface area contributed by atoms with Crippen molar-refractivity contribution < 1.29 is 4.79 Å². The maximum absolute atomic E-state index is 12.9. The van der Waals surface area contributed by atoms with Crippen molar-refractivity contribution in [3.05, 3.63) is 63.4 Å². The van der Waals surface area contributed by atoms with Gasteiger partial charge in [-0.05, 0) is 42.6 Å². The Morgan fingerprint density at radius 2 is 1.94 bits per heavy atom. The minimum atomic E-state index is 0.0335. The second-order valence-corrected chi connectivity index (χ2v) is 10.9. The Hall–Kier alpha value is -2.53. The third-order valence-electron chi connectivity index (χ3n) is 5.84. The molecule has 1 aliphatic heterocycles. The lowest BCUT2D eigenvalue weighted by molar-refractivity contribution is 0.0638. The van der Waals surface area contributed by atoms with E-state index in [0.717, 1.165) is 59.3 Å². The van der Waals surface area contributed by atoms with Gasteiger partial charge >= 0.3 is 0 Å². The second kappa shape index (κ2) is 10.4. The van der Waals surface area contributed by atoms with Crippen LogP contribution >= 0.6 is 34.4 Å². The van der Waals surface area contributed by atoms with E-state index in [9.17, 15) is 4.79 Å². The van der Waals surface area contributed by atoms with Crippen LogP contribution in [0.5, 0.6) is 0 Å². The molecule has 1 aromatic carbocycles. The fraction of sp³-hybridized carbons (Fsp3) is 0.333. The van der Waals surface area contributed by atoms with Crippen LogP contribution in [0.1, 0.15) is 28.0 Å². The molecular weight excluding hydrogens is 485 g/mol. The van der Waals surface area contributed by atoms with Gasteiger partial charge in [-0.3, -0.25) is 9.36 Å². The van der Waals surface area contributed by atoms with Crippen LogP contribution in [0.15, 0.2) is 52.3 Å². The van der Waals surface area contributed by atoms with Crippen LogP contribution in [0.4, 0.5) is 0 Å². The molecule has 10 heteroatoms. The molecule has 176 valence electrons. The van der Waals surface area contributed by atoms with Crippen LogP contribution in [0.3, 0.4) is 0 Å². The van der Waals surface area contributed by atoms with E-state index in [0.29, 0.717) is 11.4 Å². The smallest absolute Gasteiger partial charge is 0.273 e. The minimum absolute atomic E-state index is 0.0335. The molecular formula is C24H26N6OS3. The standard InChI is InChI=1S/C24H26N6OS3/c1-3-28-9-11-29(12-10-28)23(31)19-15-33-21(25-19)16-34-24-27-26-22(20-8-5-13-32-20)30(24)18-7-4-6-17(2)14-18/h4-8,13-15H,3,9-12,16H2,1-2H3. The molecule has 0 saturated carbocycles. The molecule has 1 amide bonds. The topological polar surface area (TPSA) is 67.2 Å². The largest absolute Gasteiger partial charge is 0.335 e. The number of amides is 1. The predicted octanol–water partition coefficient (Wildman–Crippen LogP) is 4.83. The molecule has 1 fully saturated rings. The summed E-state index contributed by atoms with van der Waals surface area (Å²) in [5, 5.41) is 14.7. The normalized spacial score (nSPS) is 14.6. The van der Waals surface area contributed by atoms with Gasteiger partial charge in [0.2, 0.25) is 0 Å².